The maximum absolute atomic E-state index is 7.11. The molecule has 1 heteroatoms. The van der Waals surface area contributed by atoms with Gasteiger partial charge < -0.3 is 0 Å². The lowest BCUT2D eigenvalue weighted by Crippen LogP contribution is -1.92. The van der Waals surface area contributed by atoms with Crippen LogP contribution in [0, 0.1) is 0 Å². The van der Waals surface area contributed by atoms with Gasteiger partial charge >= 0.3 is 0 Å². The van der Waals surface area contributed by atoms with Gasteiger partial charge in [-0.05, 0) is 99.9 Å². The summed E-state index contributed by atoms with van der Waals surface area (Å²) >= 11 is 7.11. The van der Waals surface area contributed by atoms with Gasteiger partial charge in [0.1, 0.15) is 0 Å². The molecule has 9 rings (SSSR count). The largest absolute Gasteiger partial charge is 0.0837 e. The van der Waals surface area contributed by atoms with E-state index < -0.39 is 0 Å². The van der Waals surface area contributed by atoms with Gasteiger partial charge in [-0.15, -0.1) is 0 Å². The summed E-state index contributed by atoms with van der Waals surface area (Å²) < 4.78 is 0. The highest BCUT2D eigenvalue weighted by molar-refractivity contribution is 6.35. The molecule has 0 saturated carbocycles. The molecule has 45 heavy (non-hydrogen) atoms. The van der Waals surface area contributed by atoms with E-state index >= 15 is 0 Å². The van der Waals surface area contributed by atoms with Crippen LogP contribution in [-0.2, 0) is 0 Å². The Morgan fingerprint density at radius 1 is 0.267 bits per heavy atom. The predicted molar refractivity (Wildman–Crippen MR) is 195 cm³/mol. The van der Waals surface area contributed by atoms with Gasteiger partial charge in [-0.3, -0.25) is 0 Å². The third-order valence-corrected chi connectivity index (χ3v) is 9.64. The molecule has 0 aliphatic rings. The quantitative estimate of drug-likeness (QED) is 0.142. The first kappa shape index (κ1) is 26.0. The molecule has 0 amide bonds. The summed E-state index contributed by atoms with van der Waals surface area (Å²) in [4.78, 5) is 0. The molecule has 0 heterocycles. The molecule has 0 aliphatic carbocycles. The van der Waals surface area contributed by atoms with Crippen LogP contribution in [0.1, 0.15) is 0 Å². The zero-order valence-corrected chi connectivity index (χ0v) is 25.2. The minimum atomic E-state index is 0.749. The molecule has 0 radical (unpaired) electrons. The normalized spacial score (nSPS) is 11.7. The van der Waals surface area contributed by atoms with Crippen LogP contribution < -0.4 is 0 Å². The molecule has 0 nitrogen and oxygen atoms in total. The predicted octanol–water partition coefficient (Wildman–Crippen LogP) is 13.1. The summed E-state index contributed by atoms with van der Waals surface area (Å²) in [5, 5.41) is 13.3. The molecule has 9 aromatic carbocycles. The summed E-state index contributed by atoms with van der Waals surface area (Å²) in [5.74, 6) is 0. The van der Waals surface area contributed by atoms with Crippen molar-refractivity contribution in [2.45, 2.75) is 0 Å². The van der Waals surface area contributed by atoms with Crippen molar-refractivity contribution in [1.82, 2.24) is 0 Å². The minimum absolute atomic E-state index is 0.749. The van der Waals surface area contributed by atoms with Crippen LogP contribution in [0.4, 0.5) is 0 Å². The number of benzene rings is 9. The second-order valence-corrected chi connectivity index (χ2v) is 12.2. The monoisotopic (exact) mass is 590 g/mol. The third-order valence-electron chi connectivity index (χ3n) is 9.31. The van der Waals surface area contributed by atoms with Crippen molar-refractivity contribution >= 4 is 65.5 Å². The number of hydrogen-bond donors (Lipinski definition) is 0. The van der Waals surface area contributed by atoms with Gasteiger partial charge in [0.05, 0.1) is 0 Å². The Labute approximate surface area is 266 Å². The Hall–Kier alpha value is -5.43. The van der Waals surface area contributed by atoms with E-state index in [1.54, 1.807) is 0 Å². The molecule has 0 saturated heterocycles. The van der Waals surface area contributed by atoms with Gasteiger partial charge in [0, 0.05) is 10.6 Å². The highest BCUT2D eigenvalue weighted by Crippen LogP contribution is 2.46. The lowest BCUT2D eigenvalue weighted by atomic mass is 9.85. The van der Waals surface area contributed by atoms with E-state index in [1.807, 2.05) is 0 Å². The smallest absolute Gasteiger partial charge is 0.0485 e. The fraction of sp³-hybridized carbons (Fsp3) is 0. The summed E-state index contributed by atoms with van der Waals surface area (Å²) in [5.41, 5.74) is 7.01. The minimum Gasteiger partial charge on any atom is -0.0837 e. The molecule has 9 aromatic rings. The Morgan fingerprint density at radius 2 is 0.667 bits per heavy atom. The van der Waals surface area contributed by atoms with Crippen LogP contribution in [-0.4, -0.2) is 0 Å². The van der Waals surface area contributed by atoms with E-state index in [-0.39, 0.29) is 0 Å². The molecule has 210 valence electrons. The lowest BCUT2D eigenvalue weighted by Gasteiger charge is -2.19. The van der Waals surface area contributed by atoms with E-state index in [0.717, 1.165) is 16.1 Å². The number of fused-ring (bicyclic) bond motifs is 8. The molecule has 0 fully saturated rings. The average molecular weight is 591 g/mol. The molecule has 0 spiro atoms. The molecule has 0 aromatic heterocycles. The van der Waals surface area contributed by atoms with Crippen LogP contribution >= 0.6 is 11.6 Å². The van der Waals surface area contributed by atoms with Crippen molar-refractivity contribution in [2.75, 3.05) is 0 Å². The fourth-order valence-electron chi connectivity index (χ4n) is 7.32. The summed E-state index contributed by atoms with van der Waals surface area (Å²) in [6.07, 6.45) is 0. The molecule has 0 unspecified atom stereocenters. The first-order valence-corrected chi connectivity index (χ1v) is 15.8. The highest BCUT2D eigenvalue weighted by Gasteiger charge is 2.19. The average Bonchev–Trinajstić information content (AvgIpc) is 3.11. The second-order valence-electron chi connectivity index (χ2n) is 11.8. The van der Waals surface area contributed by atoms with Crippen molar-refractivity contribution in [3.63, 3.8) is 0 Å². The van der Waals surface area contributed by atoms with E-state index in [1.165, 1.54) is 76.1 Å². The molecule has 0 atom stereocenters. The summed E-state index contributed by atoms with van der Waals surface area (Å²) in [6, 6.07) is 59.1. The van der Waals surface area contributed by atoms with Crippen molar-refractivity contribution in [3.8, 4) is 33.4 Å². The van der Waals surface area contributed by atoms with E-state index in [2.05, 4.69) is 164 Å². The number of halogens is 1. The Kier molecular flexibility index (Phi) is 5.98. The Bertz CT molecular complexity index is 2500. The van der Waals surface area contributed by atoms with Crippen molar-refractivity contribution < 1.29 is 0 Å². The first-order chi connectivity index (χ1) is 22.3. The second kappa shape index (κ2) is 10.3. The van der Waals surface area contributed by atoms with Crippen LogP contribution in [0.5, 0.6) is 0 Å². The van der Waals surface area contributed by atoms with Crippen LogP contribution in [0.15, 0.2) is 164 Å². The molecular formula is C44H27Cl. The number of rotatable bonds is 3. The Morgan fingerprint density at radius 3 is 1.22 bits per heavy atom. The lowest BCUT2D eigenvalue weighted by molar-refractivity contribution is 1.63. The van der Waals surface area contributed by atoms with Gasteiger partial charge in [0.2, 0.25) is 0 Å². The topological polar surface area (TPSA) is 0 Å². The maximum atomic E-state index is 7.11. The van der Waals surface area contributed by atoms with Gasteiger partial charge in [-0.1, -0.05) is 157 Å². The van der Waals surface area contributed by atoms with E-state index in [4.69, 9.17) is 11.6 Å². The first-order valence-electron chi connectivity index (χ1n) is 15.4. The summed E-state index contributed by atoms with van der Waals surface area (Å²) in [7, 11) is 0. The summed E-state index contributed by atoms with van der Waals surface area (Å²) in [6.45, 7) is 0. The Balaban J connectivity index is 1.32. The van der Waals surface area contributed by atoms with Gasteiger partial charge in [0.25, 0.3) is 0 Å². The maximum Gasteiger partial charge on any atom is 0.0485 e. The van der Waals surface area contributed by atoms with Crippen molar-refractivity contribution in [2.24, 2.45) is 0 Å². The van der Waals surface area contributed by atoms with E-state index in [0.29, 0.717) is 0 Å². The van der Waals surface area contributed by atoms with Gasteiger partial charge in [0.15, 0.2) is 0 Å². The SMILES string of the molecule is Clc1ccc(-c2ccc3c4ccccc4c4ccccc4c3c2)cc1-c1c2ccccc2c(-c2ccccc2)c2ccccc12. The van der Waals surface area contributed by atoms with Crippen molar-refractivity contribution in [3.05, 3.63) is 169 Å². The third kappa shape index (κ3) is 4.07. The van der Waals surface area contributed by atoms with Crippen LogP contribution in [0.2, 0.25) is 5.02 Å². The number of hydrogen-bond acceptors (Lipinski definition) is 0. The molecular weight excluding hydrogens is 564 g/mol. The highest BCUT2D eigenvalue weighted by atomic mass is 35.5. The molecule has 0 N–H and O–H groups in total. The van der Waals surface area contributed by atoms with Crippen molar-refractivity contribution in [1.29, 1.82) is 0 Å². The van der Waals surface area contributed by atoms with Crippen LogP contribution in [0.25, 0.3) is 87.2 Å². The zero-order valence-electron chi connectivity index (χ0n) is 24.5. The molecule has 0 aliphatic heterocycles. The van der Waals surface area contributed by atoms with E-state index in [9.17, 15) is 0 Å². The van der Waals surface area contributed by atoms with Gasteiger partial charge in [-0.25, -0.2) is 0 Å². The van der Waals surface area contributed by atoms with Gasteiger partial charge in [-0.2, -0.15) is 0 Å². The molecule has 0 bridgehead atoms. The fourth-order valence-corrected chi connectivity index (χ4v) is 7.53. The standard InChI is InChI=1S/C44H27Cl/c45-42-25-23-30(29-22-24-35-33-16-5-4-14-31(33)32-15-6-7-17-34(32)40(35)26-29)27-41(42)44-38-20-10-8-18-36(38)43(28-12-2-1-3-13-28)37-19-9-11-21-39(37)44/h1-27H. The zero-order chi connectivity index (χ0) is 29.9. The van der Waals surface area contributed by atoms with Crippen LogP contribution in [0.3, 0.4) is 0 Å².